The first-order valence-corrected chi connectivity index (χ1v) is 6.93. The van der Waals surface area contributed by atoms with Crippen molar-refractivity contribution in [2.45, 2.75) is 32.4 Å². The molecular weight excluding hydrogens is 282 g/mol. The molecule has 6 nitrogen and oxygen atoms in total. The summed E-state index contributed by atoms with van der Waals surface area (Å²) in [6, 6.07) is 0.121. The fourth-order valence-electron chi connectivity index (χ4n) is 2.63. The fourth-order valence-corrected chi connectivity index (χ4v) is 2.79. The summed E-state index contributed by atoms with van der Waals surface area (Å²) in [7, 11) is 0. The first-order chi connectivity index (χ1) is 9.40. The van der Waals surface area contributed by atoms with Gasteiger partial charge in [-0.2, -0.15) is 4.98 Å². The van der Waals surface area contributed by atoms with Crippen molar-refractivity contribution in [1.29, 1.82) is 0 Å². The van der Waals surface area contributed by atoms with Crippen LogP contribution in [-0.4, -0.2) is 41.7 Å². The number of esters is 1. The van der Waals surface area contributed by atoms with Crippen LogP contribution >= 0.6 is 11.6 Å². The van der Waals surface area contributed by atoms with Gasteiger partial charge in [-0.15, -0.1) is 0 Å². The zero-order valence-electron chi connectivity index (χ0n) is 11.6. The average molecular weight is 298 g/mol. The summed E-state index contributed by atoms with van der Waals surface area (Å²) in [6.07, 6.45) is 0. The lowest BCUT2D eigenvalue weighted by Gasteiger charge is -2.34. The lowest BCUT2D eigenvalue weighted by molar-refractivity contribution is 0.00832. The van der Waals surface area contributed by atoms with Gasteiger partial charge >= 0.3 is 5.97 Å². The summed E-state index contributed by atoms with van der Waals surface area (Å²) >= 11 is 6.02. The second-order valence-corrected chi connectivity index (χ2v) is 5.90. The maximum atomic E-state index is 12.2. The molecule has 20 heavy (non-hydrogen) atoms. The molecule has 0 spiro atoms. The smallest absolute Gasteiger partial charge is 0.344 e. The van der Waals surface area contributed by atoms with Crippen molar-refractivity contribution in [2.75, 3.05) is 24.7 Å². The summed E-state index contributed by atoms with van der Waals surface area (Å²) in [5.41, 5.74) is 0.202. The van der Waals surface area contributed by atoms with Gasteiger partial charge in [0.05, 0.1) is 19.3 Å². The van der Waals surface area contributed by atoms with Crippen LogP contribution in [0.15, 0.2) is 0 Å². The average Bonchev–Trinajstić information content (AvgIpc) is 2.59. The van der Waals surface area contributed by atoms with E-state index in [1.807, 2.05) is 11.8 Å². The van der Waals surface area contributed by atoms with Gasteiger partial charge in [-0.05, 0) is 32.4 Å². The SMILES string of the molecule is C[C@H]1COCCN1c1nc(Cl)nc2c1C(=O)OC2(C)C. The molecule has 1 saturated heterocycles. The highest BCUT2D eigenvalue weighted by Gasteiger charge is 2.44. The number of carbonyl (C=O) groups excluding carboxylic acids is 1. The lowest BCUT2D eigenvalue weighted by atomic mass is 10.0. The molecule has 0 aliphatic carbocycles. The first-order valence-electron chi connectivity index (χ1n) is 6.56. The molecule has 7 heteroatoms. The van der Waals surface area contributed by atoms with E-state index in [4.69, 9.17) is 21.1 Å². The molecule has 0 radical (unpaired) electrons. The van der Waals surface area contributed by atoms with E-state index in [1.54, 1.807) is 13.8 Å². The van der Waals surface area contributed by atoms with Gasteiger partial charge in [0.2, 0.25) is 5.28 Å². The van der Waals surface area contributed by atoms with Gasteiger partial charge in [0.1, 0.15) is 22.7 Å². The number of hydrogen-bond donors (Lipinski definition) is 0. The summed E-state index contributed by atoms with van der Waals surface area (Å²) in [4.78, 5) is 22.6. The molecule has 3 heterocycles. The standard InChI is InChI=1S/C13H16ClN3O3/c1-7-6-19-5-4-17(7)10-8-9(15-12(14)16-10)13(2,3)20-11(8)18/h7H,4-6H2,1-3H3/t7-/m0/s1. The van der Waals surface area contributed by atoms with Crippen LogP contribution in [0.3, 0.4) is 0 Å². The lowest BCUT2D eigenvalue weighted by Crippen LogP contribution is -2.45. The number of anilines is 1. The Hall–Kier alpha value is -1.40. The van der Waals surface area contributed by atoms with Gasteiger partial charge in [-0.3, -0.25) is 0 Å². The fraction of sp³-hybridized carbons (Fsp3) is 0.615. The van der Waals surface area contributed by atoms with E-state index in [-0.39, 0.29) is 11.3 Å². The quantitative estimate of drug-likeness (QED) is 0.581. The summed E-state index contributed by atoms with van der Waals surface area (Å²) in [5.74, 6) is 0.154. The number of hydrogen-bond acceptors (Lipinski definition) is 6. The summed E-state index contributed by atoms with van der Waals surface area (Å²) < 4.78 is 10.8. The zero-order chi connectivity index (χ0) is 14.5. The Kier molecular flexibility index (Phi) is 3.10. The van der Waals surface area contributed by atoms with E-state index < -0.39 is 11.6 Å². The molecule has 108 valence electrons. The number of rotatable bonds is 1. The van der Waals surface area contributed by atoms with Gasteiger partial charge in [0.25, 0.3) is 0 Å². The third-order valence-corrected chi connectivity index (χ3v) is 3.79. The minimum atomic E-state index is -0.775. The van der Waals surface area contributed by atoms with Crippen LogP contribution in [0.25, 0.3) is 0 Å². The Morgan fingerprint density at radius 2 is 2.15 bits per heavy atom. The van der Waals surface area contributed by atoms with Crippen molar-refractivity contribution < 1.29 is 14.3 Å². The summed E-state index contributed by atoms with van der Waals surface area (Å²) in [5, 5.41) is 0.129. The topological polar surface area (TPSA) is 64.5 Å². The minimum Gasteiger partial charge on any atom is -0.449 e. The van der Waals surface area contributed by atoms with E-state index in [2.05, 4.69) is 9.97 Å². The number of cyclic esters (lactones) is 1. The van der Waals surface area contributed by atoms with Crippen LogP contribution in [0, 0.1) is 0 Å². The molecule has 0 unspecified atom stereocenters. The molecular formula is C13H16ClN3O3. The molecule has 0 saturated carbocycles. The van der Waals surface area contributed by atoms with Crippen LogP contribution in [-0.2, 0) is 15.1 Å². The Morgan fingerprint density at radius 1 is 1.40 bits per heavy atom. The molecule has 3 rings (SSSR count). The van der Waals surface area contributed by atoms with Crippen LogP contribution < -0.4 is 4.90 Å². The van der Waals surface area contributed by atoms with Gasteiger partial charge in [-0.1, -0.05) is 0 Å². The van der Waals surface area contributed by atoms with Crippen molar-refractivity contribution in [3.05, 3.63) is 16.5 Å². The van der Waals surface area contributed by atoms with Crippen LogP contribution in [0.1, 0.15) is 36.8 Å². The van der Waals surface area contributed by atoms with E-state index in [0.717, 1.165) is 0 Å². The van der Waals surface area contributed by atoms with Gasteiger partial charge < -0.3 is 14.4 Å². The maximum absolute atomic E-state index is 12.2. The van der Waals surface area contributed by atoms with Crippen molar-refractivity contribution in [1.82, 2.24) is 9.97 Å². The second kappa shape index (κ2) is 4.56. The van der Waals surface area contributed by atoms with Crippen LogP contribution in [0.5, 0.6) is 0 Å². The molecule has 1 fully saturated rings. The highest BCUT2D eigenvalue weighted by molar-refractivity contribution is 6.28. The largest absolute Gasteiger partial charge is 0.449 e. The van der Waals surface area contributed by atoms with E-state index in [1.165, 1.54) is 0 Å². The highest BCUT2D eigenvalue weighted by atomic mass is 35.5. The molecule has 1 aromatic rings. The molecule has 2 aliphatic rings. The maximum Gasteiger partial charge on any atom is 0.344 e. The molecule has 0 aromatic carbocycles. The van der Waals surface area contributed by atoms with E-state index in [9.17, 15) is 4.79 Å². The van der Waals surface area contributed by atoms with Gasteiger partial charge in [-0.25, -0.2) is 9.78 Å². The number of aromatic nitrogens is 2. The molecule has 1 aromatic heterocycles. The monoisotopic (exact) mass is 297 g/mol. The Labute approximate surface area is 122 Å². The number of morpholine rings is 1. The number of nitrogens with zero attached hydrogens (tertiary/aromatic N) is 3. The van der Waals surface area contributed by atoms with Crippen molar-refractivity contribution in [3.8, 4) is 0 Å². The number of ether oxygens (including phenoxy) is 2. The Balaban J connectivity index is 2.15. The van der Waals surface area contributed by atoms with Gasteiger partial charge in [0.15, 0.2) is 0 Å². The van der Waals surface area contributed by atoms with E-state index in [0.29, 0.717) is 36.8 Å². The number of carbonyl (C=O) groups is 1. The number of halogens is 1. The highest BCUT2D eigenvalue weighted by Crippen LogP contribution is 2.39. The van der Waals surface area contributed by atoms with Crippen LogP contribution in [0.4, 0.5) is 5.82 Å². The summed E-state index contributed by atoms with van der Waals surface area (Å²) in [6.45, 7) is 7.47. The minimum absolute atomic E-state index is 0.121. The first kappa shape index (κ1) is 13.6. The second-order valence-electron chi connectivity index (χ2n) is 5.56. The van der Waals surface area contributed by atoms with Crippen LogP contribution in [0.2, 0.25) is 5.28 Å². The molecule has 0 amide bonds. The zero-order valence-corrected chi connectivity index (χ0v) is 12.4. The third-order valence-electron chi connectivity index (χ3n) is 3.62. The predicted octanol–water partition coefficient (Wildman–Crippen LogP) is 1.76. The Morgan fingerprint density at radius 3 is 2.85 bits per heavy atom. The molecule has 1 atom stereocenters. The molecule has 0 N–H and O–H groups in total. The predicted molar refractivity (Wildman–Crippen MR) is 73.1 cm³/mol. The van der Waals surface area contributed by atoms with Gasteiger partial charge in [0, 0.05) is 6.54 Å². The van der Waals surface area contributed by atoms with E-state index >= 15 is 0 Å². The Bertz CT molecular complexity index is 576. The third kappa shape index (κ3) is 2.03. The number of fused-ring (bicyclic) bond motifs is 1. The van der Waals surface area contributed by atoms with Crippen molar-refractivity contribution in [2.24, 2.45) is 0 Å². The van der Waals surface area contributed by atoms with Crippen molar-refractivity contribution >= 4 is 23.4 Å². The molecule has 2 aliphatic heterocycles. The molecule has 0 bridgehead atoms. The van der Waals surface area contributed by atoms with Crippen molar-refractivity contribution in [3.63, 3.8) is 0 Å². The normalized spacial score (nSPS) is 24.5.